The van der Waals surface area contributed by atoms with Crippen LogP contribution in [-0.4, -0.2) is 16.0 Å². The summed E-state index contributed by atoms with van der Waals surface area (Å²) in [7, 11) is 0. The van der Waals surface area contributed by atoms with Crippen molar-refractivity contribution in [3.63, 3.8) is 0 Å². The van der Waals surface area contributed by atoms with Gasteiger partial charge >= 0.3 is 0 Å². The van der Waals surface area contributed by atoms with Crippen LogP contribution in [0.25, 0.3) is 11.0 Å². The lowest BCUT2D eigenvalue weighted by Gasteiger charge is -2.03. The molecule has 0 bridgehead atoms. The smallest absolute Gasteiger partial charge is 0.267 e. The summed E-state index contributed by atoms with van der Waals surface area (Å²) < 4.78 is 5.44. The van der Waals surface area contributed by atoms with Gasteiger partial charge < -0.3 is 14.8 Å². The molecule has 3 rings (SSSR count). The minimum Gasteiger partial charge on any atom is -0.459 e. The number of aliphatic hydroxyl groups excluding tert-OH is 1. The largest absolute Gasteiger partial charge is 0.459 e. The predicted molar refractivity (Wildman–Crippen MR) is 90.9 cm³/mol. The van der Waals surface area contributed by atoms with E-state index in [4.69, 9.17) is 9.52 Å². The molecule has 0 fully saturated rings. The van der Waals surface area contributed by atoms with Crippen LogP contribution in [0.2, 0.25) is 0 Å². The van der Waals surface area contributed by atoms with Crippen LogP contribution in [0.15, 0.2) is 28.7 Å². The predicted octanol–water partition coefficient (Wildman–Crippen LogP) is 3.89. The molecule has 2 aromatic heterocycles. The first-order valence-corrected chi connectivity index (χ1v) is 8.33. The van der Waals surface area contributed by atoms with Gasteiger partial charge in [-0.15, -0.1) is 11.3 Å². The number of carbonyl (C=O) groups is 1. The molecule has 3 aromatic rings. The number of aryl methyl sites for hydroxylation is 2. The van der Waals surface area contributed by atoms with Crippen LogP contribution in [0.1, 0.15) is 39.5 Å². The van der Waals surface area contributed by atoms with E-state index in [1.807, 2.05) is 13.0 Å². The number of nitrogens with one attached hydrogen (secondary N) is 1. The number of hydrogen-bond acceptors (Lipinski definition) is 5. The Labute approximate surface area is 138 Å². The molecule has 0 aliphatic rings. The van der Waals surface area contributed by atoms with Crippen molar-refractivity contribution in [2.45, 2.75) is 33.3 Å². The maximum absolute atomic E-state index is 12.4. The number of furan rings is 1. The summed E-state index contributed by atoms with van der Waals surface area (Å²) in [6, 6.07) is 7.17. The van der Waals surface area contributed by atoms with Gasteiger partial charge in [0.2, 0.25) is 0 Å². The van der Waals surface area contributed by atoms with E-state index in [0.29, 0.717) is 21.9 Å². The standard InChI is InChI=1S/C17H18N2O3S/c1-3-4-15-18-10(2)16(23-15)17(21)19-12-5-6-14-11(7-12)8-13(9-20)22-14/h5-8,20H,3-4,9H2,1-2H3,(H,19,21). The van der Waals surface area contributed by atoms with E-state index in [-0.39, 0.29) is 12.5 Å². The van der Waals surface area contributed by atoms with Crippen molar-refractivity contribution in [2.24, 2.45) is 0 Å². The van der Waals surface area contributed by atoms with Gasteiger partial charge in [0.15, 0.2) is 0 Å². The van der Waals surface area contributed by atoms with Gasteiger partial charge in [-0.05, 0) is 44.0 Å². The highest BCUT2D eigenvalue weighted by Gasteiger charge is 2.15. The number of rotatable bonds is 5. The maximum atomic E-state index is 12.4. The lowest BCUT2D eigenvalue weighted by atomic mass is 10.2. The van der Waals surface area contributed by atoms with E-state index in [1.54, 1.807) is 18.2 Å². The fraction of sp³-hybridized carbons (Fsp3) is 0.294. The number of benzene rings is 1. The fourth-order valence-electron chi connectivity index (χ4n) is 2.43. The maximum Gasteiger partial charge on any atom is 0.267 e. The van der Waals surface area contributed by atoms with Gasteiger partial charge in [-0.2, -0.15) is 0 Å². The highest BCUT2D eigenvalue weighted by molar-refractivity contribution is 7.13. The number of hydrogen-bond donors (Lipinski definition) is 2. The van der Waals surface area contributed by atoms with Crippen LogP contribution in [0.5, 0.6) is 0 Å². The summed E-state index contributed by atoms with van der Waals surface area (Å²) in [4.78, 5) is 17.5. The number of fused-ring (bicyclic) bond motifs is 1. The highest BCUT2D eigenvalue weighted by Crippen LogP contribution is 2.25. The van der Waals surface area contributed by atoms with E-state index < -0.39 is 0 Å². The van der Waals surface area contributed by atoms with E-state index in [2.05, 4.69) is 17.2 Å². The Morgan fingerprint density at radius 3 is 2.96 bits per heavy atom. The Morgan fingerprint density at radius 1 is 1.39 bits per heavy atom. The van der Waals surface area contributed by atoms with Gasteiger partial charge in [0.1, 0.15) is 22.8 Å². The van der Waals surface area contributed by atoms with E-state index >= 15 is 0 Å². The first-order chi connectivity index (χ1) is 11.1. The zero-order chi connectivity index (χ0) is 16.4. The van der Waals surface area contributed by atoms with Crippen LogP contribution in [0, 0.1) is 6.92 Å². The van der Waals surface area contributed by atoms with Crippen molar-refractivity contribution in [3.05, 3.63) is 45.6 Å². The van der Waals surface area contributed by atoms with Crippen molar-refractivity contribution in [2.75, 3.05) is 5.32 Å². The van der Waals surface area contributed by atoms with Crippen molar-refractivity contribution in [3.8, 4) is 0 Å². The Morgan fingerprint density at radius 2 is 2.22 bits per heavy atom. The number of amides is 1. The van der Waals surface area contributed by atoms with Gasteiger partial charge in [-0.3, -0.25) is 4.79 Å². The highest BCUT2D eigenvalue weighted by atomic mass is 32.1. The average Bonchev–Trinajstić information content (AvgIpc) is 3.10. The second-order valence-electron chi connectivity index (χ2n) is 5.35. The van der Waals surface area contributed by atoms with Crippen molar-refractivity contribution in [1.82, 2.24) is 4.98 Å². The molecule has 0 radical (unpaired) electrons. The number of aromatic nitrogens is 1. The second kappa shape index (κ2) is 6.52. The topological polar surface area (TPSA) is 75.4 Å². The summed E-state index contributed by atoms with van der Waals surface area (Å²) in [5, 5.41) is 13.9. The molecule has 2 N–H and O–H groups in total. The quantitative estimate of drug-likeness (QED) is 0.744. The molecule has 6 heteroatoms. The number of anilines is 1. The van der Waals surface area contributed by atoms with E-state index in [0.717, 1.165) is 28.9 Å². The molecule has 2 heterocycles. The third kappa shape index (κ3) is 3.28. The number of thiazole rings is 1. The molecule has 0 atom stereocenters. The fourth-order valence-corrected chi connectivity index (χ4v) is 3.49. The first-order valence-electron chi connectivity index (χ1n) is 7.51. The molecule has 0 aliphatic carbocycles. The molecule has 0 spiro atoms. The number of carbonyl (C=O) groups excluding carboxylic acids is 1. The lowest BCUT2D eigenvalue weighted by Crippen LogP contribution is -2.11. The SMILES string of the molecule is CCCc1nc(C)c(C(=O)Nc2ccc3oc(CO)cc3c2)s1. The van der Waals surface area contributed by atoms with Crippen molar-refractivity contribution >= 4 is 33.9 Å². The Balaban J connectivity index is 1.82. The Bertz CT molecular complexity index is 851. The van der Waals surface area contributed by atoms with Crippen molar-refractivity contribution in [1.29, 1.82) is 0 Å². The van der Waals surface area contributed by atoms with Gasteiger partial charge in [0, 0.05) is 11.1 Å². The zero-order valence-electron chi connectivity index (χ0n) is 13.0. The van der Waals surface area contributed by atoms with Crippen LogP contribution >= 0.6 is 11.3 Å². The number of aliphatic hydroxyl groups is 1. The summed E-state index contributed by atoms with van der Waals surface area (Å²) in [6.45, 7) is 3.81. The summed E-state index contributed by atoms with van der Waals surface area (Å²) in [5.41, 5.74) is 2.15. The third-order valence-electron chi connectivity index (χ3n) is 3.49. The normalized spacial score (nSPS) is 11.1. The van der Waals surface area contributed by atoms with Gasteiger partial charge in [-0.25, -0.2) is 4.98 Å². The van der Waals surface area contributed by atoms with Crippen molar-refractivity contribution < 1.29 is 14.3 Å². The molecule has 120 valence electrons. The molecule has 23 heavy (non-hydrogen) atoms. The summed E-state index contributed by atoms with van der Waals surface area (Å²) in [5.74, 6) is 0.360. The van der Waals surface area contributed by atoms with Crippen LogP contribution in [0.3, 0.4) is 0 Å². The monoisotopic (exact) mass is 330 g/mol. The average molecular weight is 330 g/mol. The van der Waals surface area contributed by atoms with Crippen LogP contribution in [-0.2, 0) is 13.0 Å². The molecule has 0 unspecified atom stereocenters. The lowest BCUT2D eigenvalue weighted by molar-refractivity contribution is 0.103. The van der Waals surface area contributed by atoms with Gasteiger partial charge in [0.05, 0.1) is 10.7 Å². The summed E-state index contributed by atoms with van der Waals surface area (Å²) in [6.07, 6.45) is 1.90. The second-order valence-corrected chi connectivity index (χ2v) is 6.43. The molecule has 5 nitrogen and oxygen atoms in total. The van der Waals surface area contributed by atoms with Crippen LogP contribution < -0.4 is 5.32 Å². The zero-order valence-corrected chi connectivity index (χ0v) is 13.9. The minimum atomic E-state index is -0.146. The molecule has 0 saturated heterocycles. The van der Waals surface area contributed by atoms with Gasteiger partial charge in [0.25, 0.3) is 5.91 Å². The van der Waals surface area contributed by atoms with Gasteiger partial charge in [-0.1, -0.05) is 6.92 Å². The molecule has 1 amide bonds. The molecular formula is C17H18N2O3S. The Kier molecular flexibility index (Phi) is 4.45. The Hall–Kier alpha value is -2.18. The molecule has 0 aliphatic heterocycles. The molecule has 0 saturated carbocycles. The van der Waals surface area contributed by atoms with E-state index in [1.165, 1.54) is 11.3 Å². The number of nitrogens with zero attached hydrogens (tertiary/aromatic N) is 1. The molecule has 1 aromatic carbocycles. The first kappa shape index (κ1) is 15.7. The molecular weight excluding hydrogens is 312 g/mol. The van der Waals surface area contributed by atoms with Crippen LogP contribution in [0.4, 0.5) is 5.69 Å². The van der Waals surface area contributed by atoms with E-state index in [9.17, 15) is 4.79 Å². The minimum absolute atomic E-state index is 0.142. The third-order valence-corrected chi connectivity index (χ3v) is 4.71. The summed E-state index contributed by atoms with van der Waals surface area (Å²) >= 11 is 1.45.